The molecule has 1 rings (SSSR count). The van der Waals surface area contributed by atoms with E-state index < -0.39 is 11.2 Å². The summed E-state index contributed by atoms with van der Waals surface area (Å²) in [6, 6.07) is 0. The molecule has 6 heteroatoms. The molecule has 0 aromatic carbocycles. The van der Waals surface area contributed by atoms with E-state index in [1.165, 1.54) is 0 Å². The molecular weight excluding hydrogens is 190 g/mol. The number of rotatable bonds is 2. The summed E-state index contributed by atoms with van der Waals surface area (Å²) in [6.45, 7) is 1.24. The highest BCUT2D eigenvalue weighted by atomic mass is 35.5. The fourth-order valence-electron chi connectivity index (χ4n) is 0.772. The van der Waals surface area contributed by atoms with Gasteiger partial charge in [-0.3, -0.25) is 4.79 Å². The van der Waals surface area contributed by atoms with Crippen LogP contribution in [0.25, 0.3) is 0 Å². The van der Waals surface area contributed by atoms with Gasteiger partial charge in [-0.25, -0.2) is 0 Å². The topological polar surface area (TPSA) is 41.1 Å². The van der Waals surface area contributed by atoms with Gasteiger partial charge in [-0.2, -0.15) is 8.78 Å². The van der Waals surface area contributed by atoms with Gasteiger partial charge in [0.2, 0.25) is 5.78 Å². The van der Waals surface area contributed by atoms with E-state index in [-0.39, 0.29) is 0 Å². The van der Waals surface area contributed by atoms with Crippen LogP contribution in [0.2, 0.25) is 0 Å². The fourth-order valence-corrected chi connectivity index (χ4v) is 0.826. The number of ketones is 1. The number of hydrogen-bond acceptors (Lipinski definition) is 3. The van der Waals surface area contributed by atoms with Crippen molar-refractivity contribution in [2.24, 2.45) is 0 Å². The lowest BCUT2D eigenvalue weighted by Crippen LogP contribution is -2.22. The lowest BCUT2D eigenvalue weighted by molar-refractivity contribution is -0.128. The summed E-state index contributed by atoms with van der Waals surface area (Å²) < 4.78 is 24.2. The molecule has 1 fully saturated rings. The second-order valence-corrected chi connectivity index (χ2v) is 2.75. The summed E-state index contributed by atoms with van der Waals surface area (Å²) in [6.07, 6.45) is 0.764. The van der Waals surface area contributed by atoms with E-state index in [9.17, 15) is 13.6 Å². The standard InChI is InChI=1S/C6H7ClF2N2O/c7-6(8,9)4(12)3-5-10-1-2-11-5/h3,10-11H,1-2H2. The second-order valence-electron chi connectivity index (χ2n) is 2.27. The van der Waals surface area contributed by atoms with Gasteiger partial charge < -0.3 is 10.6 Å². The highest BCUT2D eigenvalue weighted by Crippen LogP contribution is 2.20. The van der Waals surface area contributed by atoms with E-state index >= 15 is 0 Å². The van der Waals surface area contributed by atoms with Crippen molar-refractivity contribution < 1.29 is 13.6 Å². The number of halogens is 3. The third-order valence-electron chi connectivity index (χ3n) is 1.31. The molecule has 1 aliphatic heterocycles. The van der Waals surface area contributed by atoms with Crippen LogP contribution >= 0.6 is 11.6 Å². The van der Waals surface area contributed by atoms with Gasteiger partial charge >= 0.3 is 5.38 Å². The molecule has 0 saturated carbocycles. The number of hydrogen-bond donors (Lipinski definition) is 2. The minimum Gasteiger partial charge on any atom is -0.370 e. The van der Waals surface area contributed by atoms with Crippen LogP contribution in [0.3, 0.4) is 0 Å². The van der Waals surface area contributed by atoms with Gasteiger partial charge in [0.15, 0.2) is 0 Å². The van der Waals surface area contributed by atoms with Gasteiger partial charge in [0.25, 0.3) is 0 Å². The van der Waals surface area contributed by atoms with Crippen molar-refractivity contribution in [3.63, 3.8) is 0 Å². The van der Waals surface area contributed by atoms with Crippen LogP contribution in [0, 0.1) is 0 Å². The Bertz CT molecular complexity index is 216. The summed E-state index contributed by atoms with van der Waals surface area (Å²) in [5.41, 5.74) is 0. The molecule has 0 atom stereocenters. The molecule has 0 aliphatic carbocycles. The average molecular weight is 197 g/mol. The van der Waals surface area contributed by atoms with Gasteiger partial charge in [-0.1, -0.05) is 0 Å². The molecule has 68 valence electrons. The molecule has 3 nitrogen and oxygen atoms in total. The first-order chi connectivity index (χ1) is 5.50. The maximum atomic E-state index is 12.1. The van der Waals surface area contributed by atoms with Gasteiger partial charge in [0.1, 0.15) is 5.82 Å². The molecule has 0 amide bonds. The monoisotopic (exact) mass is 196 g/mol. The number of allylic oxidation sites excluding steroid dienone is 1. The Morgan fingerprint density at radius 1 is 1.50 bits per heavy atom. The van der Waals surface area contributed by atoms with E-state index in [4.69, 9.17) is 0 Å². The van der Waals surface area contributed by atoms with Crippen molar-refractivity contribution in [2.75, 3.05) is 13.1 Å². The Labute approximate surface area is 72.8 Å². The third-order valence-corrected chi connectivity index (χ3v) is 1.50. The predicted molar refractivity (Wildman–Crippen MR) is 39.9 cm³/mol. The minimum absolute atomic E-state index is 0.292. The Morgan fingerprint density at radius 3 is 2.42 bits per heavy atom. The first kappa shape index (κ1) is 9.25. The van der Waals surface area contributed by atoms with E-state index in [0.29, 0.717) is 18.9 Å². The second kappa shape index (κ2) is 3.26. The Kier molecular flexibility index (Phi) is 2.52. The van der Waals surface area contributed by atoms with Gasteiger partial charge in [0, 0.05) is 19.2 Å². The maximum absolute atomic E-state index is 12.1. The SMILES string of the molecule is O=C(C=C1NCCN1)C(F)(F)Cl. The van der Waals surface area contributed by atoms with Crippen LogP contribution < -0.4 is 10.6 Å². The molecule has 0 aromatic rings. The summed E-state index contributed by atoms with van der Waals surface area (Å²) >= 11 is 4.48. The van der Waals surface area contributed by atoms with Crippen LogP contribution in [0.4, 0.5) is 8.78 Å². The molecule has 0 bridgehead atoms. The van der Waals surface area contributed by atoms with Crippen molar-refractivity contribution in [1.29, 1.82) is 0 Å². The van der Waals surface area contributed by atoms with Gasteiger partial charge in [-0.05, 0) is 11.6 Å². The summed E-state index contributed by atoms with van der Waals surface area (Å²) in [4.78, 5) is 10.6. The Morgan fingerprint density at radius 2 is 2.00 bits per heavy atom. The van der Waals surface area contributed by atoms with Crippen LogP contribution in [0.15, 0.2) is 11.9 Å². The first-order valence-electron chi connectivity index (χ1n) is 3.31. The van der Waals surface area contributed by atoms with Gasteiger partial charge in [-0.15, -0.1) is 0 Å². The van der Waals surface area contributed by atoms with E-state index in [1.54, 1.807) is 0 Å². The van der Waals surface area contributed by atoms with E-state index in [0.717, 1.165) is 6.08 Å². The number of nitrogens with one attached hydrogen (secondary N) is 2. The Balaban J connectivity index is 2.60. The number of carbonyl (C=O) groups excluding carboxylic acids is 1. The van der Waals surface area contributed by atoms with Crippen molar-refractivity contribution in [2.45, 2.75) is 5.38 Å². The van der Waals surface area contributed by atoms with Crippen LogP contribution in [0.1, 0.15) is 0 Å². The minimum atomic E-state index is -3.81. The number of carbonyl (C=O) groups is 1. The lowest BCUT2D eigenvalue weighted by Gasteiger charge is -2.03. The normalized spacial score (nSPS) is 16.8. The summed E-state index contributed by atoms with van der Waals surface area (Å²) in [5.74, 6) is -1.12. The molecule has 1 saturated heterocycles. The molecule has 2 N–H and O–H groups in total. The van der Waals surface area contributed by atoms with Crippen LogP contribution in [0.5, 0.6) is 0 Å². The highest BCUT2D eigenvalue weighted by molar-refractivity contribution is 6.34. The Hall–Kier alpha value is -0.840. The van der Waals surface area contributed by atoms with Crippen molar-refractivity contribution in [1.82, 2.24) is 10.6 Å². The van der Waals surface area contributed by atoms with E-state index in [1.807, 2.05) is 0 Å². The summed E-state index contributed by atoms with van der Waals surface area (Å²) in [7, 11) is 0. The zero-order chi connectivity index (χ0) is 9.19. The zero-order valence-corrected chi connectivity index (χ0v) is 6.79. The smallest absolute Gasteiger partial charge is 0.370 e. The first-order valence-corrected chi connectivity index (χ1v) is 3.68. The van der Waals surface area contributed by atoms with Gasteiger partial charge in [0.05, 0.1) is 0 Å². The number of alkyl halides is 3. The molecule has 0 spiro atoms. The van der Waals surface area contributed by atoms with Crippen LogP contribution in [-0.4, -0.2) is 24.3 Å². The molecule has 12 heavy (non-hydrogen) atoms. The van der Waals surface area contributed by atoms with Crippen LogP contribution in [-0.2, 0) is 4.79 Å². The third kappa shape index (κ3) is 2.34. The maximum Gasteiger partial charge on any atom is 0.384 e. The fraction of sp³-hybridized carbons (Fsp3) is 0.500. The predicted octanol–water partition coefficient (Wildman–Crippen LogP) is 0.421. The quantitative estimate of drug-likeness (QED) is 0.497. The molecule has 0 unspecified atom stereocenters. The molecule has 1 aliphatic rings. The average Bonchev–Trinajstić information content (AvgIpc) is 2.37. The van der Waals surface area contributed by atoms with Crippen molar-refractivity contribution in [3.05, 3.63) is 11.9 Å². The molecule has 0 aromatic heterocycles. The molecule has 1 heterocycles. The van der Waals surface area contributed by atoms with E-state index in [2.05, 4.69) is 22.2 Å². The highest BCUT2D eigenvalue weighted by Gasteiger charge is 2.34. The molecular formula is C6H7ClF2N2O. The van der Waals surface area contributed by atoms with Crippen molar-refractivity contribution >= 4 is 17.4 Å². The lowest BCUT2D eigenvalue weighted by atomic mass is 10.4. The summed E-state index contributed by atoms with van der Waals surface area (Å²) in [5, 5.41) is 1.59. The van der Waals surface area contributed by atoms with Crippen molar-refractivity contribution in [3.8, 4) is 0 Å². The largest absolute Gasteiger partial charge is 0.384 e. The molecule has 0 radical (unpaired) electrons. The zero-order valence-electron chi connectivity index (χ0n) is 6.03.